The zero-order valence-electron chi connectivity index (χ0n) is 11.2. The molecule has 0 spiro atoms. The Morgan fingerprint density at radius 2 is 2.21 bits per heavy atom. The van der Waals surface area contributed by atoms with Gasteiger partial charge in [-0.15, -0.1) is 0 Å². The van der Waals surface area contributed by atoms with Crippen molar-refractivity contribution in [2.75, 3.05) is 24.8 Å². The lowest BCUT2D eigenvalue weighted by atomic mass is 10.2. The van der Waals surface area contributed by atoms with E-state index in [9.17, 15) is 4.39 Å². The molecule has 0 aliphatic rings. The van der Waals surface area contributed by atoms with Crippen molar-refractivity contribution < 1.29 is 9.13 Å². The van der Waals surface area contributed by atoms with Crippen molar-refractivity contribution in [1.82, 2.24) is 9.55 Å². The Labute approximate surface area is 111 Å². The van der Waals surface area contributed by atoms with Crippen LogP contribution in [0.2, 0.25) is 0 Å². The number of imidazole rings is 1. The summed E-state index contributed by atoms with van der Waals surface area (Å²) in [5.41, 5.74) is 6.93. The van der Waals surface area contributed by atoms with Gasteiger partial charge in [-0.2, -0.15) is 0 Å². The summed E-state index contributed by atoms with van der Waals surface area (Å²) in [6.45, 7) is 0.572. The van der Waals surface area contributed by atoms with E-state index >= 15 is 0 Å². The van der Waals surface area contributed by atoms with Crippen LogP contribution in [0.5, 0.6) is 5.75 Å². The Morgan fingerprint density at radius 3 is 2.79 bits per heavy atom. The van der Waals surface area contributed by atoms with Crippen molar-refractivity contribution in [3.05, 3.63) is 36.2 Å². The molecule has 0 amide bonds. The normalized spacial score (nSPS) is 10.5. The number of nitrogens with two attached hydrogens (primary N) is 1. The molecule has 1 heterocycles. The van der Waals surface area contributed by atoms with Gasteiger partial charge in [-0.3, -0.25) is 0 Å². The Hall–Kier alpha value is -2.24. The van der Waals surface area contributed by atoms with E-state index in [0.29, 0.717) is 17.9 Å². The van der Waals surface area contributed by atoms with Crippen molar-refractivity contribution in [3.8, 4) is 5.75 Å². The monoisotopic (exact) mass is 264 g/mol. The van der Waals surface area contributed by atoms with Gasteiger partial charge >= 0.3 is 0 Å². The first-order valence-corrected chi connectivity index (χ1v) is 5.83. The number of aryl methyl sites for hydroxylation is 1. The number of ether oxygens (including phenoxy) is 1. The third kappa shape index (κ3) is 2.62. The highest BCUT2D eigenvalue weighted by molar-refractivity contribution is 5.69. The summed E-state index contributed by atoms with van der Waals surface area (Å²) in [6, 6.07) is 2.86. The lowest BCUT2D eigenvalue weighted by molar-refractivity contribution is 0.387. The number of hydrogen-bond acceptors (Lipinski definition) is 4. The van der Waals surface area contributed by atoms with Gasteiger partial charge in [0, 0.05) is 38.6 Å². The molecule has 1 aromatic heterocycles. The number of halogens is 1. The lowest BCUT2D eigenvalue weighted by Crippen LogP contribution is -2.20. The molecule has 0 unspecified atom stereocenters. The topological polar surface area (TPSA) is 56.3 Å². The molecule has 0 aliphatic carbocycles. The predicted octanol–water partition coefficient (Wildman–Crippen LogP) is 1.79. The third-order valence-electron chi connectivity index (χ3n) is 3.01. The van der Waals surface area contributed by atoms with E-state index < -0.39 is 5.82 Å². The summed E-state index contributed by atoms with van der Waals surface area (Å²) in [7, 11) is 5.22. The Balaban J connectivity index is 2.28. The van der Waals surface area contributed by atoms with Crippen LogP contribution in [0, 0.1) is 5.82 Å². The first-order valence-electron chi connectivity index (χ1n) is 5.83. The number of aromatic nitrogens is 2. The zero-order valence-corrected chi connectivity index (χ0v) is 11.2. The van der Waals surface area contributed by atoms with E-state index in [1.54, 1.807) is 12.3 Å². The van der Waals surface area contributed by atoms with Crippen molar-refractivity contribution >= 4 is 11.4 Å². The second-order valence-electron chi connectivity index (χ2n) is 4.36. The third-order valence-corrected chi connectivity index (χ3v) is 3.01. The van der Waals surface area contributed by atoms with E-state index in [0.717, 1.165) is 5.82 Å². The second-order valence-corrected chi connectivity index (χ2v) is 4.36. The molecule has 1 aromatic carbocycles. The summed E-state index contributed by atoms with van der Waals surface area (Å²) in [6.07, 6.45) is 3.61. The van der Waals surface area contributed by atoms with Crippen LogP contribution in [0.25, 0.3) is 0 Å². The van der Waals surface area contributed by atoms with Crippen LogP contribution in [0.3, 0.4) is 0 Å². The van der Waals surface area contributed by atoms with E-state index in [1.165, 1.54) is 13.2 Å². The number of methoxy groups -OCH3 is 1. The fraction of sp³-hybridized carbons (Fsp3) is 0.308. The molecule has 0 saturated carbocycles. The van der Waals surface area contributed by atoms with Crippen LogP contribution in [-0.2, 0) is 13.6 Å². The Morgan fingerprint density at radius 1 is 1.47 bits per heavy atom. The number of nitrogens with zero attached hydrogens (tertiary/aromatic N) is 3. The van der Waals surface area contributed by atoms with E-state index in [2.05, 4.69) is 4.98 Å². The first kappa shape index (κ1) is 13.2. The number of benzene rings is 1. The Bertz CT molecular complexity index is 582. The molecule has 0 radical (unpaired) electrons. The summed E-state index contributed by atoms with van der Waals surface area (Å²) in [5, 5.41) is 0. The Kier molecular flexibility index (Phi) is 3.59. The molecule has 0 aliphatic heterocycles. The van der Waals surface area contributed by atoms with Gasteiger partial charge in [-0.05, 0) is 0 Å². The van der Waals surface area contributed by atoms with Crippen molar-refractivity contribution in [2.45, 2.75) is 6.54 Å². The van der Waals surface area contributed by atoms with Crippen LogP contribution in [0.15, 0.2) is 24.5 Å². The fourth-order valence-electron chi connectivity index (χ4n) is 1.89. The molecule has 102 valence electrons. The van der Waals surface area contributed by atoms with Crippen LogP contribution >= 0.6 is 0 Å². The average Bonchev–Trinajstić information content (AvgIpc) is 2.75. The van der Waals surface area contributed by atoms with Gasteiger partial charge in [0.25, 0.3) is 0 Å². The summed E-state index contributed by atoms with van der Waals surface area (Å²) < 4.78 is 20.4. The maximum atomic E-state index is 13.5. The van der Waals surface area contributed by atoms with Crippen molar-refractivity contribution in [1.29, 1.82) is 0 Å². The summed E-state index contributed by atoms with van der Waals surface area (Å²) in [4.78, 5) is 6.15. The van der Waals surface area contributed by atoms with Crippen LogP contribution in [0.4, 0.5) is 15.8 Å². The largest absolute Gasteiger partial charge is 0.494 e. The minimum Gasteiger partial charge on any atom is -0.494 e. The molecule has 6 heteroatoms. The SMILES string of the molecule is COc1cc(N(C)Cc2nccn2C)c(N)cc1F. The van der Waals surface area contributed by atoms with Gasteiger partial charge in [0.2, 0.25) is 0 Å². The van der Waals surface area contributed by atoms with E-state index in [4.69, 9.17) is 10.5 Å². The number of rotatable bonds is 4. The molecule has 2 rings (SSSR count). The summed E-state index contributed by atoms with van der Waals surface area (Å²) >= 11 is 0. The highest BCUT2D eigenvalue weighted by Gasteiger charge is 2.13. The van der Waals surface area contributed by atoms with Gasteiger partial charge in [0.1, 0.15) is 5.82 Å². The van der Waals surface area contributed by atoms with Crippen molar-refractivity contribution in [2.24, 2.45) is 7.05 Å². The average molecular weight is 264 g/mol. The number of anilines is 2. The second kappa shape index (κ2) is 5.17. The van der Waals surface area contributed by atoms with Gasteiger partial charge < -0.3 is 19.9 Å². The fourth-order valence-corrected chi connectivity index (χ4v) is 1.89. The smallest absolute Gasteiger partial charge is 0.167 e. The molecule has 2 N–H and O–H groups in total. The van der Waals surface area contributed by atoms with Crippen LogP contribution < -0.4 is 15.4 Å². The number of hydrogen-bond donors (Lipinski definition) is 1. The lowest BCUT2D eigenvalue weighted by Gasteiger charge is -2.21. The minimum atomic E-state index is -0.464. The van der Waals surface area contributed by atoms with E-state index in [1.807, 2.05) is 29.8 Å². The molecule has 0 atom stereocenters. The molecular formula is C13H17FN4O. The van der Waals surface area contributed by atoms with E-state index in [-0.39, 0.29) is 5.75 Å². The molecule has 0 saturated heterocycles. The van der Waals surface area contributed by atoms with Gasteiger partial charge in [-0.25, -0.2) is 9.37 Å². The first-order chi connectivity index (χ1) is 9.02. The quantitative estimate of drug-likeness (QED) is 0.855. The molecule has 0 fully saturated rings. The standard InChI is InChI=1S/C13H17FN4O/c1-17-5-4-16-13(17)8-18(2)11-7-12(19-3)9(14)6-10(11)15/h4-7H,8,15H2,1-3H3. The highest BCUT2D eigenvalue weighted by atomic mass is 19.1. The summed E-state index contributed by atoms with van der Waals surface area (Å²) in [5.74, 6) is 0.607. The molecule has 2 aromatic rings. The highest BCUT2D eigenvalue weighted by Crippen LogP contribution is 2.30. The van der Waals surface area contributed by atoms with Crippen molar-refractivity contribution in [3.63, 3.8) is 0 Å². The predicted molar refractivity (Wildman–Crippen MR) is 72.7 cm³/mol. The van der Waals surface area contributed by atoms with Gasteiger partial charge in [-0.1, -0.05) is 0 Å². The minimum absolute atomic E-state index is 0.177. The molecule has 19 heavy (non-hydrogen) atoms. The molecular weight excluding hydrogens is 247 g/mol. The maximum absolute atomic E-state index is 13.5. The number of nitrogen functional groups attached to an aromatic ring is 1. The van der Waals surface area contributed by atoms with Gasteiger partial charge in [0.15, 0.2) is 11.6 Å². The van der Waals surface area contributed by atoms with Crippen LogP contribution in [0.1, 0.15) is 5.82 Å². The van der Waals surface area contributed by atoms with Crippen LogP contribution in [-0.4, -0.2) is 23.7 Å². The maximum Gasteiger partial charge on any atom is 0.167 e. The molecule has 5 nitrogen and oxygen atoms in total. The van der Waals surface area contributed by atoms with Gasteiger partial charge in [0.05, 0.1) is 25.0 Å². The molecule has 0 bridgehead atoms. The zero-order chi connectivity index (χ0) is 14.0.